The number of nitrogens with two attached hydrogens (primary N) is 1. The molecule has 0 aliphatic rings. The second kappa shape index (κ2) is 4.28. The first kappa shape index (κ1) is 10.1. The summed E-state index contributed by atoms with van der Waals surface area (Å²) in [5.41, 5.74) is 4.98. The van der Waals surface area contributed by atoms with Crippen LogP contribution in [0.4, 0.5) is 13.2 Å². The summed E-state index contributed by atoms with van der Waals surface area (Å²) in [4.78, 5) is 0. The maximum Gasteiger partial charge on any atom is 0.132 e. The van der Waals surface area contributed by atoms with Crippen molar-refractivity contribution in [1.29, 1.82) is 0 Å². The van der Waals surface area contributed by atoms with Crippen molar-refractivity contribution >= 4 is 0 Å². The molecule has 1 atom stereocenters. The Bertz CT molecular complexity index is 288. The molecular formula is C9H10F3N. The van der Waals surface area contributed by atoms with Crippen molar-refractivity contribution in [3.63, 3.8) is 0 Å². The fourth-order valence-corrected chi connectivity index (χ4v) is 1.06. The molecule has 0 saturated heterocycles. The predicted octanol–water partition coefficient (Wildman–Crippen LogP) is 2.32. The number of hydrogen-bond donors (Lipinski definition) is 1. The summed E-state index contributed by atoms with van der Waals surface area (Å²) in [6.07, 6.45) is -1.41. The van der Waals surface area contributed by atoms with E-state index >= 15 is 0 Å². The maximum atomic E-state index is 13.1. The summed E-state index contributed by atoms with van der Waals surface area (Å²) >= 11 is 0. The van der Waals surface area contributed by atoms with Gasteiger partial charge in [-0.2, -0.15) is 0 Å². The van der Waals surface area contributed by atoms with Gasteiger partial charge >= 0.3 is 0 Å². The van der Waals surface area contributed by atoms with E-state index in [2.05, 4.69) is 0 Å². The van der Waals surface area contributed by atoms with Crippen molar-refractivity contribution < 1.29 is 13.2 Å². The molecule has 0 bridgehead atoms. The molecule has 13 heavy (non-hydrogen) atoms. The molecule has 0 aliphatic carbocycles. The number of alkyl halides is 1. The van der Waals surface area contributed by atoms with Gasteiger partial charge in [0.05, 0.1) is 0 Å². The van der Waals surface area contributed by atoms with Gasteiger partial charge in [0.1, 0.15) is 17.8 Å². The number of halogens is 3. The third-order valence-corrected chi connectivity index (χ3v) is 1.72. The molecule has 2 N–H and O–H groups in total. The first-order valence-electron chi connectivity index (χ1n) is 3.94. The average Bonchev–Trinajstić information content (AvgIpc) is 2.04. The van der Waals surface area contributed by atoms with Crippen LogP contribution >= 0.6 is 0 Å². The maximum absolute atomic E-state index is 13.1. The summed E-state index contributed by atoms with van der Waals surface area (Å²) in [6, 6.07) is 2.80. The Kier molecular flexibility index (Phi) is 3.31. The van der Waals surface area contributed by atoms with Gasteiger partial charge in [-0.3, -0.25) is 0 Å². The van der Waals surface area contributed by atoms with Gasteiger partial charge < -0.3 is 5.73 Å². The molecule has 0 aliphatic heterocycles. The summed E-state index contributed by atoms with van der Waals surface area (Å²) in [5.74, 6) is -1.57. The standard InChI is InChI=1S/C9H10F3N/c10-6-1-2-7(9(12)5-6)8(11)3-4-13/h1-2,5,8H,3-4,13H2. The number of benzene rings is 1. The van der Waals surface area contributed by atoms with Gasteiger partial charge in [-0.05, 0) is 19.0 Å². The average molecular weight is 189 g/mol. The highest BCUT2D eigenvalue weighted by molar-refractivity contribution is 5.20. The Hall–Kier alpha value is -1.03. The van der Waals surface area contributed by atoms with Gasteiger partial charge in [-0.15, -0.1) is 0 Å². The minimum absolute atomic E-state index is 0.0442. The number of hydrogen-bond acceptors (Lipinski definition) is 1. The quantitative estimate of drug-likeness (QED) is 0.775. The molecule has 0 fully saturated rings. The molecule has 0 aromatic heterocycles. The van der Waals surface area contributed by atoms with Gasteiger partial charge in [0, 0.05) is 11.6 Å². The monoisotopic (exact) mass is 189 g/mol. The van der Waals surface area contributed by atoms with Crippen LogP contribution in [0.3, 0.4) is 0 Å². The van der Waals surface area contributed by atoms with E-state index in [4.69, 9.17) is 5.73 Å². The van der Waals surface area contributed by atoms with Crippen molar-refractivity contribution in [2.24, 2.45) is 5.73 Å². The molecular weight excluding hydrogens is 179 g/mol. The van der Waals surface area contributed by atoms with E-state index in [1.807, 2.05) is 0 Å². The molecule has 1 aromatic rings. The van der Waals surface area contributed by atoms with E-state index < -0.39 is 17.8 Å². The van der Waals surface area contributed by atoms with Gasteiger partial charge in [-0.1, -0.05) is 6.07 Å². The van der Waals surface area contributed by atoms with Crippen LogP contribution in [0, 0.1) is 11.6 Å². The summed E-state index contributed by atoms with van der Waals surface area (Å²) in [6.45, 7) is 0.137. The zero-order chi connectivity index (χ0) is 9.84. The zero-order valence-electron chi connectivity index (χ0n) is 6.93. The Labute approximate surface area is 74.4 Å². The van der Waals surface area contributed by atoms with Crippen molar-refractivity contribution in [2.75, 3.05) is 6.54 Å². The summed E-state index contributed by atoms with van der Waals surface area (Å²) in [7, 11) is 0. The van der Waals surface area contributed by atoms with Gasteiger partial charge in [0.15, 0.2) is 0 Å². The largest absolute Gasteiger partial charge is 0.330 e. The zero-order valence-corrected chi connectivity index (χ0v) is 6.93. The van der Waals surface area contributed by atoms with Crippen LogP contribution in [-0.2, 0) is 0 Å². The highest BCUT2D eigenvalue weighted by Gasteiger charge is 2.13. The van der Waals surface area contributed by atoms with Crippen LogP contribution < -0.4 is 5.73 Å². The van der Waals surface area contributed by atoms with Crippen molar-refractivity contribution in [3.8, 4) is 0 Å². The third-order valence-electron chi connectivity index (χ3n) is 1.72. The van der Waals surface area contributed by atoms with Crippen LogP contribution in [0.5, 0.6) is 0 Å². The van der Waals surface area contributed by atoms with Crippen LogP contribution in [0.15, 0.2) is 18.2 Å². The summed E-state index contributed by atoms with van der Waals surface area (Å²) < 4.78 is 38.4. The highest BCUT2D eigenvalue weighted by atomic mass is 19.1. The molecule has 0 radical (unpaired) electrons. The number of rotatable bonds is 3. The normalized spacial score (nSPS) is 12.9. The van der Waals surface area contributed by atoms with Crippen LogP contribution in [0.25, 0.3) is 0 Å². The van der Waals surface area contributed by atoms with Crippen LogP contribution in [-0.4, -0.2) is 6.54 Å². The molecule has 1 unspecified atom stereocenters. The van der Waals surface area contributed by atoms with E-state index in [1.54, 1.807) is 0 Å². The minimum atomic E-state index is -1.45. The molecule has 1 aromatic carbocycles. The Morgan fingerprint density at radius 2 is 2.00 bits per heavy atom. The molecule has 1 rings (SSSR count). The van der Waals surface area contributed by atoms with Crippen molar-refractivity contribution in [2.45, 2.75) is 12.6 Å². The molecule has 0 amide bonds. The topological polar surface area (TPSA) is 26.0 Å². The molecule has 1 nitrogen and oxygen atoms in total. The van der Waals surface area contributed by atoms with E-state index in [-0.39, 0.29) is 18.5 Å². The smallest absolute Gasteiger partial charge is 0.132 e. The van der Waals surface area contributed by atoms with Gasteiger partial charge in [0.2, 0.25) is 0 Å². The molecule has 0 heterocycles. The Morgan fingerprint density at radius 1 is 1.31 bits per heavy atom. The van der Waals surface area contributed by atoms with E-state index in [9.17, 15) is 13.2 Å². The molecule has 4 heteroatoms. The second-order valence-electron chi connectivity index (χ2n) is 2.71. The van der Waals surface area contributed by atoms with Gasteiger partial charge in [-0.25, -0.2) is 13.2 Å². The molecule has 72 valence electrons. The molecule has 0 saturated carbocycles. The SMILES string of the molecule is NCCC(F)c1ccc(F)cc1F. The fourth-order valence-electron chi connectivity index (χ4n) is 1.06. The van der Waals surface area contributed by atoms with Gasteiger partial charge in [0.25, 0.3) is 0 Å². The summed E-state index contributed by atoms with van der Waals surface area (Å²) in [5, 5.41) is 0. The Balaban J connectivity index is 2.88. The highest BCUT2D eigenvalue weighted by Crippen LogP contribution is 2.23. The van der Waals surface area contributed by atoms with E-state index in [0.29, 0.717) is 6.07 Å². The first-order valence-corrected chi connectivity index (χ1v) is 3.94. The van der Waals surface area contributed by atoms with Crippen LogP contribution in [0.1, 0.15) is 18.2 Å². The lowest BCUT2D eigenvalue weighted by Crippen LogP contribution is -2.05. The van der Waals surface area contributed by atoms with Crippen molar-refractivity contribution in [3.05, 3.63) is 35.4 Å². The predicted molar refractivity (Wildman–Crippen MR) is 43.9 cm³/mol. The van der Waals surface area contributed by atoms with E-state index in [1.165, 1.54) is 0 Å². The third kappa shape index (κ3) is 2.45. The lowest BCUT2D eigenvalue weighted by atomic mass is 10.1. The lowest BCUT2D eigenvalue weighted by molar-refractivity contribution is 0.317. The minimum Gasteiger partial charge on any atom is -0.330 e. The van der Waals surface area contributed by atoms with Crippen molar-refractivity contribution in [1.82, 2.24) is 0 Å². The fraction of sp³-hybridized carbons (Fsp3) is 0.333. The second-order valence-corrected chi connectivity index (χ2v) is 2.71. The van der Waals surface area contributed by atoms with Crippen LogP contribution in [0.2, 0.25) is 0 Å². The molecule has 0 spiro atoms. The Morgan fingerprint density at radius 3 is 2.54 bits per heavy atom. The van der Waals surface area contributed by atoms with E-state index in [0.717, 1.165) is 12.1 Å². The first-order chi connectivity index (χ1) is 6.15. The lowest BCUT2D eigenvalue weighted by Gasteiger charge is -2.07.